The van der Waals surface area contributed by atoms with E-state index in [2.05, 4.69) is 15.2 Å². The predicted octanol–water partition coefficient (Wildman–Crippen LogP) is 1.22. The van der Waals surface area contributed by atoms with Crippen molar-refractivity contribution in [3.63, 3.8) is 0 Å². The fourth-order valence-corrected chi connectivity index (χ4v) is 1.83. The molecule has 0 aliphatic carbocycles. The minimum absolute atomic E-state index is 0.126. The molecule has 3 rings (SSSR count). The third-order valence-corrected chi connectivity index (χ3v) is 2.59. The van der Waals surface area contributed by atoms with E-state index in [4.69, 9.17) is 4.52 Å². The highest BCUT2D eigenvalue weighted by Gasteiger charge is 2.22. The lowest BCUT2D eigenvalue weighted by molar-refractivity contribution is 0.0951. The van der Waals surface area contributed by atoms with Gasteiger partial charge in [0.1, 0.15) is 5.69 Å². The fourth-order valence-electron chi connectivity index (χ4n) is 1.83. The van der Waals surface area contributed by atoms with Crippen LogP contribution in [0.3, 0.4) is 0 Å². The highest BCUT2D eigenvalue weighted by atomic mass is 16.5. The SMILES string of the molecule is Cc1noc(-c2cc3n(n2)CCCC3=O)n1. The first-order valence-corrected chi connectivity index (χ1v) is 5.16. The molecule has 0 amide bonds. The smallest absolute Gasteiger partial charge is 0.278 e. The number of aryl methyl sites for hydroxylation is 2. The maximum absolute atomic E-state index is 11.6. The van der Waals surface area contributed by atoms with Gasteiger partial charge in [-0.3, -0.25) is 9.48 Å². The largest absolute Gasteiger partial charge is 0.332 e. The van der Waals surface area contributed by atoms with E-state index < -0.39 is 0 Å². The summed E-state index contributed by atoms with van der Waals surface area (Å²) < 4.78 is 6.72. The summed E-state index contributed by atoms with van der Waals surface area (Å²) in [5, 5.41) is 7.98. The monoisotopic (exact) mass is 218 g/mol. The molecule has 6 heteroatoms. The van der Waals surface area contributed by atoms with Gasteiger partial charge in [0.05, 0.1) is 0 Å². The molecule has 0 spiro atoms. The van der Waals surface area contributed by atoms with Gasteiger partial charge in [-0.2, -0.15) is 10.1 Å². The van der Waals surface area contributed by atoms with Crippen LogP contribution in [0.2, 0.25) is 0 Å². The summed E-state index contributed by atoms with van der Waals surface area (Å²) in [6.45, 7) is 2.52. The van der Waals surface area contributed by atoms with Gasteiger partial charge in [0.15, 0.2) is 17.3 Å². The van der Waals surface area contributed by atoms with E-state index in [0.717, 1.165) is 13.0 Å². The second-order valence-electron chi connectivity index (χ2n) is 3.81. The number of carbonyl (C=O) groups excluding carboxylic acids is 1. The molecule has 0 bridgehead atoms. The number of rotatable bonds is 1. The molecule has 2 aromatic rings. The minimum Gasteiger partial charge on any atom is -0.332 e. The Kier molecular flexibility index (Phi) is 1.89. The molecule has 0 N–H and O–H groups in total. The molecule has 0 radical (unpaired) electrons. The van der Waals surface area contributed by atoms with Gasteiger partial charge in [-0.25, -0.2) is 0 Å². The number of aromatic nitrogens is 4. The van der Waals surface area contributed by atoms with E-state index in [9.17, 15) is 4.79 Å². The Hall–Kier alpha value is -1.98. The summed E-state index contributed by atoms with van der Waals surface area (Å²) in [4.78, 5) is 15.7. The van der Waals surface area contributed by atoms with Crippen LogP contribution in [0.15, 0.2) is 10.6 Å². The van der Waals surface area contributed by atoms with Gasteiger partial charge in [-0.05, 0) is 13.3 Å². The molecule has 16 heavy (non-hydrogen) atoms. The molecule has 0 atom stereocenters. The Bertz CT molecular complexity index is 555. The lowest BCUT2D eigenvalue weighted by atomic mass is 10.1. The Morgan fingerprint density at radius 2 is 2.38 bits per heavy atom. The molecule has 1 aliphatic heterocycles. The Labute approximate surface area is 91.3 Å². The number of hydrogen-bond donors (Lipinski definition) is 0. The molecule has 6 nitrogen and oxygen atoms in total. The quantitative estimate of drug-likeness (QED) is 0.719. The van der Waals surface area contributed by atoms with E-state index in [0.29, 0.717) is 29.5 Å². The summed E-state index contributed by atoms with van der Waals surface area (Å²) in [6, 6.07) is 1.72. The second kappa shape index (κ2) is 3.26. The highest BCUT2D eigenvalue weighted by Crippen LogP contribution is 2.21. The summed E-state index contributed by atoms with van der Waals surface area (Å²) in [5.74, 6) is 1.06. The molecule has 0 saturated heterocycles. The highest BCUT2D eigenvalue weighted by molar-refractivity contribution is 5.95. The second-order valence-corrected chi connectivity index (χ2v) is 3.81. The Morgan fingerprint density at radius 1 is 1.50 bits per heavy atom. The zero-order chi connectivity index (χ0) is 11.1. The van der Waals surface area contributed by atoms with Gasteiger partial charge in [0.2, 0.25) is 0 Å². The first-order valence-electron chi connectivity index (χ1n) is 5.16. The summed E-state index contributed by atoms with van der Waals surface area (Å²) in [7, 11) is 0. The van der Waals surface area contributed by atoms with Gasteiger partial charge in [0, 0.05) is 19.0 Å². The normalized spacial score (nSPS) is 15.2. The average molecular weight is 218 g/mol. The lowest BCUT2D eigenvalue weighted by Gasteiger charge is -2.10. The van der Waals surface area contributed by atoms with Crippen molar-refractivity contribution >= 4 is 5.78 Å². The predicted molar refractivity (Wildman–Crippen MR) is 53.8 cm³/mol. The summed E-state index contributed by atoms with van der Waals surface area (Å²) in [5.41, 5.74) is 1.21. The van der Waals surface area contributed by atoms with Gasteiger partial charge in [-0.1, -0.05) is 5.16 Å². The van der Waals surface area contributed by atoms with E-state index in [1.807, 2.05) is 0 Å². The maximum atomic E-state index is 11.6. The minimum atomic E-state index is 0.126. The van der Waals surface area contributed by atoms with Crippen LogP contribution < -0.4 is 0 Å². The molecule has 0 unspecified atom stereocenters. The molecule has 3 heterocycles. The van der Waals surface area contributed by atoms with Crippen LogP contribution in [0, 0.1) is 6.92 Å². The van der Waals surface area contributed by atoms with Crippen molar-refractivity contribution in [2.75, 3.05) is 0 Å². The van der Waals surface area contributed by atoms with Crippen LogP contribution in [-0.2, 0) is 6.54 Å². The topological polar surface area (TPSA) is 73.8 Å². The first kappa shape index (κ1) is 9.26. The third-order valence-electron chi connectivity index (χ3n) is 2.59. The van der Waals surface area contributed by atoms with Crippen molar-refractivity contribution in [3.05, 3.63) is 17.6 Å². The number of fused-ring (bicyclic) bond motifs is 1. The molecule has 0 fully saturated rings. The van der Waals surface area contributed by atoms with Crippen LogP contribution in [0.4, 0.5) is 0 Å². The van der Waals surface area contributed by atoms with E-state index in [1.165, 1.54) is 0 Å². The van der Waals surface area contributed by atoms with Crippen molar-refractivity contribution in [2.24, 2.45) is 0 Å². The standard InChI is InChI=1S/C10H10N4O2/c1-6-11-10(16-13-6)7-5-8-9(15)3-2-4-14(8)12-7/h5H,2-4H2,1H3. The van der Waals surface area contributed by atoms with Gasteiger partial charge >= 0.3 is 0 Å². The van der Waals surface area contributed by atoms with Crippen molar-refractivity contribution < 1.29 is 9.32 Å². The van der Waals surface area contributed by atoms with Crippen LogP contribution in [-0.4, -0.2) is 25.7 Å². The molecule has 0 aromatic carbocycles. The van der Waals surface area contributed by atoms with Crippen molar-refractivity contribution in [1.82, 2.24) is 19.9 Å². The van der Waals surface area contributed by atoms with E-state index in [1.54, 1.807) is 17.7 Å². The van der Waals surface area contributed by atoms with E-state index >= 15 is 0 Å². The molecule has 1 aliphatic rings. The maximum Gasteiger partial charge on any atom is 0.278 e. The van der Waals surface area contributed by atoms with Gasteiger partial charge in [-0.15, -0.1) is 0 Å². The van der Waals surface area contributed by atoms with Gasteiger partial charge < -0.3 is 4.52 Å². The van der Waals surface area contributed by atoms with Crippen LogP contribution in [0.5, 0.6) is 0 Å². The molecular weight excluding hydrogens is 208 g/mol. The Morgan fingerprint density at radius 3 is 3.06 bits per heavy atom. The fraction of sp³-hybridized carbons (Fsp3) is 0.400. The van der Waals surface area contributed by atoms with Crippen LogP contribution in [0.25, 0.3) is 11.6 Å². The summed E-state index contributed by atoms with van der Waals surface area (Å²) in [6.07, 6.45) is 1.43. The van der Waals surface area contributed by atoms with Crippen molar-refractivity contribution in [3.8, 4) is 11.6 Å². The zero-order valence-electron chi connectivity index (χ0n) is 8.80. The molecule has 0 saturated carbocycles. The van der Waals surface area contributed by atoms with Crippen molar-refractivity contribution in [2.45, 2.75) is 26.3 Å². The molecule has 2 aromatic heterocycles. The first-order chi connectivity index (χ1) is 7.74. The van der Waals surface area contributed by atoms with Crippen LogP contribution in [0.1, 0.15) is 29.2 Å². The van der Waals surface area contributed by atoms with Crippen LogP contribution >= 0.6 is 0 Å². The number of carbonyl (C=O) groups is 1. The third kappa shape index (κ3) is 1.34. The zero-order valence-corrected chi connectivity index (χ0v) is 8.80. The number of hydrogen-bond acceptors (Lipinski definition) is 5. The average Bonchev–Trinajstić information content (AvgIpc) is 2.84. The summed E-state index contributed by atoms with van der Waals surface area (Å²) >= 11 is 0. The van der Waals surface area contributed by atoms with Crippen molar-refractivity contribution in [1.29, 1.82) is 0 Å². The number of Topliss-reactive ketones (excluding diaryl/α,β-unsaturated/α-hetero) is 1. The van der Waals surface area contributed by atoms with E-state index in [-0.39, 0.29) is 5.78 Å². The Balaban J connectivity index is 2.07. The number of ketones is 1. The lowest BCUT2D eigenvalue weighted by Crippen LogP contribution is -2.16. The van der Waals surface area contributed by atoms with Gasteiger partial charge in [0.25, 0.3) is 5.89 Å². The number of nitrogens with zero attached hydrogens (tertiary/aromatic N) is 4. The molecular formula is C10H10N4O2. The molecule has 82 valence electrons.